The van der Waals surface area contributed by atoms with Gasteiger partial charge in [0.25, 0.3) is 0 Å². The van der Waals surface area contributed by atoms with Gasteiger partial charge in [-0.2, -0.15) is 5.10 Å². The Morgan fingerprint density at radius 1 is 1.24 bits per heavy atom. The minimum atomic E-state index is -0.881. The van der Waals surface area contributed by atoms with Crippen LogP contribution in [0.2, 0.25) is 0 Å². The Kier molecular flexibility index (Phi) is 5.43. The highest BCUT2D eigenvalue weighted by Gasteiger charge is 2.31. The first-order chi connectivity index (χ1) is 16.3. The molecule has 0 fully saturated rings. The average Bonchev–Trinajstić information content (AvgIpc) is 3.23. The van der Waals surface area contributed by atoms with E-state index in [1.165, 1.54) is 12.1 Å². The van der Waals surface area contributed by atoms with Gasteiger partial charge in [0.15, 0.2) is 0 Å². The number of carbonyl (C=O) groups excluding carboxylic acids is 1. The number of benzene rings is 2. The predicted octanol–water partition coefficient (Wildman–Crippen LogP) is 4.59. The third kappa shape index (κ3) is 3.85. The summed E-state index contributed by atoms with van der Waals surface area (Å²) in [4.78, 5) is 23.9. The molecule has 0 aliphatic carbocycles. The Labute approximate surface area is 195 Å². The van der Waals surface area contributed by atoms with Crippen molar-refractivity contribution in [1.82, 2.24) is 14.3 Å². The van der Waals surface area contributed by atoms with Gasteiger partial charge in [0, 0.05) is 41.7 Å². The zero-order chi connectivity index (χ0) is 24.0. The van der Waals surface area contributed by atoms with E-state index in [9.17, 15) is 14.0 Å². The summed E-state index contributed by atoms with van der Waals surface area (Å²) < 4.78 is 17.6. The summed E-state index contributed by atoms with van der Waals surface area (Å²) in [5.74, 6) is -1.48. The minimum absolute atomic E-state index is 0.0242. The van der Waals surface area contributed by atoms with Gasteiger partial charge in [0.1, 0.15) is 5.82 Å². The van der Waals surface area contributed by atoms with E-state index in [-0.39, 0.29) is 37.0 Å². The van der Waals surface area contributed by atoms with Crippen molar-refractivity contribution in [3.63, 3.8) is 0 Å². The van der Waals surface area contributed by atoms with E-state index in [2.05, 4.69) is 21.2 Å². The number of anilines is 1. The number of amides is 1. The van der Waals surface area contributed by atoms with Gasteiger partial charge in [-0.15, -0.1) is 0 Å². The highest BCUT2D eigenvalue weighted by atomic mass is 19.1. The maximum atomic E-state index is 13.8. The molecule has 2 aromatic carbocycles. The van der Waals surface area contributed by atoms with E-state index < -0.39 is 5.97 Å². The number of aromatic nitrogens is 3. The topological polar surface area (TPSA) is 89.2 Å². The van der Waals surface area contributed by atoms with Crippen molar-refractivity contribution in [3.8, 4) is 0 Å². The highest BCUT2D eigenvalue weighted by molar-refractivity contribution is 6.06. The summed E-state index contributed by atoms with van der Waals surface area (Å²) in [6.07, 6.45) is 2.28. The van der Waals surface area contributed by atoms with Gasteiger partial charge in [0.2, 0.25) is 5.91 Å². The lowest BCUT2D eigenvalue weighted by Crippen LogP contribution is -2.15. The van der Waals surface area contributed by atoms with Gasteiger partial charge < -0.3 is 15.0 Å². The standard InChI is InChI=1S/C26H25FN4O3/c1-15-25(16(2)31(29-15)10-9-24(33)34)19-12-23(32)28-21-7-4-8-22-26(21)20(19)14-30(22)13-17-5-3-6-18(27)11-17/h3-8,11,14,19H,9-10,12-13H2,1-2H3,(H,28,32)(H,33,34)/t19-/m1/s1. The largest absolute Gasteiger partial charge is 0.481 e. The molecule has 1 amide bonds. The smallest absolute Gasteiger partial charge is 0.305 e. The van der Waals surface area contributed by atoms with Crippen LogP contribution in [-0.2, 0) is 22.7 Å². The van der Waals surface area contributed by atoms with E-state index in [4.69, 9.17) is 5.11 Å². The zero-order valence-corrected chi connectivity index (χ0v) is 19.0. The molecule has 0 saturated heterocycles. The van der Waals surface area contributed by atoms with E-state index in [0.717, 1.165) is 44.7 Å². The van der Waals surface area contributed by atoms with Crippen LogP contribution in [0, 0.1) is 19.7 Å². The molecule has 2 N–H and O–H groups in total. The number of aryl methyl sites for hydroxylation is 2. The number of carboxylic acid groups (broad SMARTS) is 1. The molecule has 2 aromatic heterocycles. The number of halogens is 1. The lowest BCUT2D eigenvalue weighted by Gasteiger charge is -2.15. The molecule has 8 heteroatoms. The monoisotopic (exact) mass is 460 g/mol. The molecule has 34 heavy (non-hydrogen) atoms. The van der Waals surface area contributed by atoms with Crippen LogP contribution in [0.4, 0.5) is 10.1 Å². The van der Waals surface area contributed by atoms with Crippen LogP contribution in [0.3, 0.4) is 0 Å². The van der Waals surface area contributed by atoms with Gasteiger partial charge in [-0.05, 0) is 49.2 Å². The summed E-state index contributed by atoms with van der Waals surface area (Å²) in [6.45, 7) is 4.59. The lowest BCUT2D eigenvalue weighted by atomic mass is 9.87. The van der Waals surface area contributed by atoms with Gasteiger partial charge in [0.05, 0.1) is 29.9 Å². The summed E-state index contributed by atoms with van der Waals surface area (Å²) in [7, 11) is 0. The first-order valence-electron chi connectivity index (χ1n) is 11.2. The molecular weight excluding hydrogens is 435 g/mol. The van der Waals surface area contributed by atoms with E-state index >= 15 is 0 Å². The van der Waals surface area contributed by atoms with Crippen molar-refractivity contribution in [2.24, 2.45) is 0 Å². The Balaban J connectivity index is 1.65. The Hall–Kier alpha value is -3.94. The van der Waals surface area contributed by atoms with Crippen LogP contribution in [0.15, 0.2) is 48.7 Å². The zero-order valence-electron chi connectivity index (χ0n) is 19.0. The Morgan fingerprint density at radius 2 is 2.03 bits per heavy atom. The third-order valence-corrected chi connectivity index (χ3v) is 6.54. The molecule has 1 aliphatic heterocycles. The van der Waals surface area contributed by atoms with E-state index in [0.29, 0.717) is 6.54 Å². The van der Waals surface area contributed by atoms with Crippen molar-refractivity contribution in [1.29, 1.82) is 0 Å². The number of aliphatic carboxylic acids is 1. The molecule has 174 valence electrons. The Morgan fingerprint density at radius 3 is 2.79 bits per heavy atom. The molecule has 3 heterocycles. The number of hydrogen-bond donors (Lipinski definition) is 2. The molecule has 7 nitrogen and oxygen atoms in total. The summed E-state index contributed by atoms with van der Waals surface area (Å²) >= 11 is 0. The van der Waals surface area contributed by atoms with Crippen molar-refractivity contribution >= 4 is 28.5 Å². The predicted molar refractivity (Wildman–Crippen MR) is 126 cm³/mol. The van der Waals surface area contributed by atoms with Crippen LogP contribution < -0.4 is 5.32 Å². The minimum Gasteiger partial charge on any atom is -0.481 e. The SMILES string of the molecule is Cc1nn(CCC(=O)O)c(C)c1[C@@H]1CC(=O)Nc2cccc3c2c1cn3Cc1cccc(F)c1. The van der Waals surface area contributed by atoms with Crippen LogP contribution in [0.1, 0.15) is 46.8 Å². The van der Waals surface area contributed by atoms with Crippen molar-refractivity contribution < 1.29 is 19.1 Å². The van der Waals surface area contributed by atoms with E-state index in [1.807, 2.05) is 38.1 Å². The first-order valence-corrected chi connectivity index (χ1v) is 11.2. The molecule has 0 saturated carbocycles. The number of nitrogens with one attached hydrogen (secondary N) is 1. The number of rotatable bonds is 6. The number of carboxylic acids is 1. The fraction of sp³-hybridized carbons (Fsp3) is 0.269. The second-order valence-corrected chi connectivity index (χ2v) is 8.80. The van der Waals surface area contributed by atoms with Crippen LogP contribution in [0.5, 0.6) is 0 Å². The van der Waals surface area contributed by atoms with Crippen LogP contribution >= 0.6 is 0 Å². The maximum Gasteiger partial charge on any atom is 0.305 e. The van der Waals surface area contributed by atoms with Crippen LogP contribution in [0.25, 0.3) is 10.9 Å². The molecule has 0 radical (unpaired) electrons. The fourth-order valence-electron chi connectivity index (χ4n) is 5.10. The normalized spacial score (nSPS) is 15.4. The fourth-order valence-corrected chi connectivity index (χ4v) is 5.10. The molecule has 4 aromatic rings. The van der Waals surface area contributed by atoms with Crippen molar-refractivity contribution in [3.05, 3.63) is 82.6 Å². The second kappa shape index (κ2) is 8.44. The number of carbonyl (C=O) groups is 2. The van der Waals surface area contributed by atoms with Gasteiger partial charge in [-0.1, -0.05) is 18.2 Å². The van der Waals surface area contributed by atoms with Gasteiger partial charge >= 0.3 is 5.97 Å². The first kappa shape index (κ1) is 21.9. The van der Waals surface area contributed by atoms with Gasteiger partial charge in [-0.3, -0.25) is 14.3 Å². The molecular formula is C26H25FN4O3. The lowest BCUT2D eigenvalue weighted by molar-refractivity contribution is -0.137. The molecule has 0 unspecified atom stereocenters. The number of hydrogen-bond acceptors (Lipinski definition) is 3. The summed E-state index contributed by atoms with van der Waals surface area (Å²) in [6, 6.07) is 12.4. The van der Waals surface area contributed by atoms with Crippen LogP contribution in [-0.4, -0.2) is 31.3 Å². The van der Waals surface area contributed by atoms with Gasteiger partial charge in [-0.25, -0.2) is 4.39 Å². The Bertz CT molecular complexity index is 1440. The quantitative estimate of drug-likeness (QED) is 0.440. The van der Waals surface area contributed by atoms with Crippen molar-refractivity contribution in [2.45, 2.75) is 45.7 Å². The molecule has 1 aliphatic rings. The molecule has 0 bridgehead atoms. The summed E-state index contributed by atoms with van der Waals surface area (Å²) in [5.41, 5.74) is 6.16. The molecule has 1 atom stereocenters. The summed E-state index contributed by atoms with van der Waals surface area (Å²) in [5, 5.41) is 17.7. The highest BCUT2D eigenvalue weighted by Crippen LogP contribution is 2.42. The second-order valence-electron chi connectivity index (χ2n) is 8.80. The van der Waals surface area contributed by atoms with E-state index in [1.54, 1.807) is 10.7 Å². The number of nitrogens with zero attached hydrogens (tertiary/aromatic N) is 3. The van der Waals surface area contributed by atoms with Crippen molar-refractivity contribution in [2.75, 3.05) is 5.32 Å². The average molecular weight is 461 g/mol. The third-order valence-electron chi connectivity index (χ3n) is 6.54. The molecule has 0 spiro atoms. The molecule has 5 rings (SSSR count). The maximum absolute atomic E-state index is 13.8.